The van der Waals surface area contributed by atoms with E-state index in [9.17, 15) is 9.59 Å². The first-order chi connectivity index (χ1) is 9.34. The molecule has 2 atom stereocenters. The molecule has 0 aromatic heterocycles. The number of hydrogen-bond donors (Lipinski definition) is 0. The van der Waals surface area contributed by atoms with Crippen molar-refractivity contribution < 1.29 is 23.8 Å². The molecule has 1 heterocycles. The minimum Gasteiger partial charge on any atom is -0.469 e. The molecule has 1 aliphatic carbocycles. The molecule has 0 N–H and O–H groups in total. The van der Waals surface area contributed by atoms with Crippen LogP contribution in [0.1, 0.15) is 40.0 Å². The average molecular weight is 284 g/mol. The van der Waals surface area contributed by atoms with Crippen molar-refractivity contribution in [1.82, 2.24) is 0 Å². The molecule has 0 bridgehead atoms. The lowest BCUT2D eigenvalue weighted by Gasteiger charge is -2.56. The van der Waals surface area contributed by atoms with Crippen molar-refractivity contribution in [3.05, 3.63) is 0 Å². The molecule has 0 aromatic rings. The third-order valence-electron chi connectivity index (χ3n) is 5.33. The van der Waals surface area contributed by atoms with Gasteiger partial charge < -0.3 is 19.0 Å². The minimum atomic E-state index is -0.686. The second kappa shape index (κ2) is 5.11. The molecule has 0 unspecified atom stereocenters. The molecule has 1 aliphatic heterocycles. The normalized spacial score (nSPS) is 34.9. The Morgan fingerprint density at radius 1 is 1.25 bits per heavy atom. The molecular weight excluding hydrogens is 260 g/mol. The van der Waals surface area contributed by atoms with Crippen molar-refractivity contribution in [3.8, 4) is 0 Å². The van der Waals surface area contributed by atoms with Crippen molar-refractivity contribution in [1.29, 1.82) is 0 Å². The quantitative estimate of drug-likeness (QED) is 0.585. The van der Waals surface area contributed by atoms with Crippen LogP contribution in [0.15, 0.2) is 0 Å². The maximum absolute atomic E-state index is 12.2. The zero-order chi connectivity index (χ0) is 15.0. The Labute approximate surface area is 120 Å². The van der Waals surface area contributed by atoms with E-state index in [0.717, 1.165) is 6.29 Å². The molecule has 1 saturated heterocycles. The summed E-state index contributed by atoms with van der Waals surface area (Å²) in [5.74, 6) is -1.12. The number of carbonyl (C=O) groups excluding carboxylic acids is 2. The van der Waals surface area contributed by atoms with Crippen LogP contribution < -0.4 is 0 Å². The van der Waals surface area contributed by atoms with Crippen molar-refractivity contribution in [3.63, 3.8) is 0 Å². The first-order valence-corrected chi connectivity index (χ1v) is 7.14. The Hall–Kier alpha value is -0.940. The van der Waals surface area contributed by atoms with Crippen LogP contribution in [0.3, 0.4) is 0 Å². The molecule has 0 amide bonds. The van der Waals surface area contributed by atoms with Crippen molar-refractivity contribution in [2.75, 3.05) is 20.3 Å². The Kier molecular flexibility index (Phi) is 3.95. The number of hydrogen-bond acceptors (Lipinski definition) is 5. The molecule has 2 aliphatic rings. The molecule has 0 aromatic carbocycles. The van der Waals surface area contributed by atoms with Crippen molar-refractivity contribution >= 4 is 12.3 Å². The Bertz CT molecular complexity index is 397. The van der Waals surface area contributed by atoms with E-state index in [1.54, 1.807) is 0 Å². The largest absolute Gasteiger partial charge is 0.469 e. The van der Waals surface area contributed by atoms with Crippen LogP contribution in [-0.4, -0.2) is 38.4 Å². The number of ether oxygens (including phenoxy) is 3. The van der Waals surface area contributed by atoms with E-state index < -0.39 is 16.6 Å². The summed E-state index contributed by atoms with van der Waals surface area (Å²) in [6, 6.07) is 0. The molecule has 5 nitrogen and oxygen atoms in total. The van der Waals surface area contributed by atoms with E-state index in [4.69, 9.17) is 14.2 Å². The van der Waals surface area contributed by atoms with E-state index in [-0.39, 0.29) is 11.9 Å². The summed E-state index contributed by atoms with van der Waals surface area (Å²) < 4.78 is 16.8. The Morgan fingerprint density at radius 2 is 1.85 bits per heavy atom. The molecule has 114 valence electrons. The third kappa shape index (κ3) is 1.99. The third-order valence-corrected chi connectivity index (χ3v) is 5.33. The second-order valence-corrected chi connectivity index (χ2v) is 6.54. The van der Waals surface area contributed by atoms with Crippen LogP contribution in [0.25, 0.3) is 0 Å². The first kappa shape index (κ1) is 15.4. The van der Waals surface area contributed by atoms with E-state index in [1.807, 2.05) is 20.8 Å². The van der Waals surface area contributed by atoms with Crippen LogP contribution in [0.5, 0.6) is 0 Å². The summed E-state index contributed by atoms with van der Waals surface area (Å²) in [4.78, 5) is 23.4. The summed E-state index contributed by atoms with van der Waals surface area (Å²) in [5, 5.41) is 0. The van der Waals surface area contributed by atoms with Gasteiger partial charge in [0.2, 0.25) is 0 Å². The highest BCUT2D eigenvalue weighted by Crippen LogP contribution is 2.59. The predicted octanol–water partition coefficient (Wildman–Crippen LogP) is 1.93. The van der Waals surface area contributed by atoms with Gasteiger partial charge in [-0.1, -0.05) is 13.8 Å². The van der Waals surface area contributed by atoms with E-state index in [1.165, 1.54) is 7.11 Å². The number of rotatable bonds is 3. The summed E-state index contributed by atoms with van der Waals surface area (Å²) in [6.07, 6.45) is 2.41. The van der Waals surface area contributed by atoms with Gasteiger partial charge in [-0.3, -0.25) is 4.79 Å². The van der Waals surface area contributed by atoms with Crippen LogP contribution in [-0.2, 0) is 23.8 Å². The van der Waals surface area contributed by atoms with Crippen LogP contribution in [0.4, 0.5) is 0 Å². The maximum atomic E-state index is 12.2. The van der Waals surface area contributed by atoms with E-state index in [0.29, 0.717) is 32.5 Å². The number of esters is 1. The highest BCUT2D eigenvalue weighted by molar-refractivity contribution is 5.77. The monoisotopic (exact) mass is 284 g/mol. The van der Waals surface area contributed by atoms with Crippen LogP contribution in [0.2, 0.25) is 0 Å². The average Bonchev–Trinajstić information content (AvgIpc) is 2.90. The fraction of sp³-hybridized carbons (Fsp3) is 0.867. The Balaban J connectivity index is 2.41. The molecule has 1 saturated carbocycles. The molecule has 5 heteroatoms. The highest BCUT2D eigenvalue weighted by Gasteiger charge is 2.64. The summed E-state index contributed by atoms with van der Waals surface area (Å²) in [5.41, 5.74) is -1.12. The minimum absolute atomic E-state index is 0.174. The van der Waals surface area contributed by atoms with Gasteiger partial charge in [-0.25, -0.2) is 0 Å². The molecule has 1 spiro atoms. The number of methoxy groups -OCH3 is 1. The molecular formula is C15H24O5. The first-order valence-electron chi connectivity index (χ1n) is 7.14. The van der Waals surface area contributed by atoms with Gasteiger partial charge in [0.15, 0.2) is 5.79 Å². The number of aldehydes is 1. The molecule has 2 fully saturated rings. The predicted molar refractivity (Wildman–Crippen MR) is 71.9 cm³/mol. The van der Waals surface area contributed by atoms with Crippen molar-refractivity contribution in [2.45, 2.75) is 45.8 Å². The lowest BCUT2D eigenvalue weighted by Crippen LogP contribution is -2.60. The molecule has 0 radical (unpaired) electrons. The zero-order valence-corrected chi connectivity index (χ0v) is 12.7. The molecule has 2 rings (SSSR count). The maximum Gasteiger partial charge on any atom is 0.311 e. The lowest BCUT2D eigenvalue weighted by atomic mass is 9.53. The highest BCUT2D eigenvalue weighted by atomic mass is 16.7. The Morgan fingerprint density at radius 3 is 2.35 bits per heavy atom. The van der Waals surface area contributed by atoms with Gasteiger partial charge in [0.05, 0.1) is 25.7 Å². The topological polar surface area (TPSA) is 61.8 Å². The SMILES string of the molecule is COC(=O)[C@@]1(C)CCC2(OCCO2)C(C)(C)[C@H]1CC=O. The fourth-order valence-corrected chi connectivity index (χ4v) is 4.08. The van der Waals surface area contributed by atoms with Crippen molar-refractivity contribution in [2.24, 2.45) is 16.7 Å². The zero-order valence-electron chi connectivity index (χ0n) is 12.7. The van der Waals surface area contributed by atoms with Gasteiger partial charge >= 0.3 is 5.97 Å². The van der Waals surface area contributed by atoms with E-state index >= 15 is 0 Å². The second-order valence-electron chi connectivity index (χ2n) is 6.54. The lowest BCUT2D eigenvalue weighted by molar-refractivity contribution is -0.282. The fourth-order valence-electron chi connectivity index (χ4n) is 4.08. The standard InChI is InChI=1S/C15H24O5/c1-13(2)11(5-8-16)14(3,12(17)18-4)6-7-15(13)19-9-10-20-15/h8,11H,5-7,9-10H2,1-4H3/t11-,14+/m1/s1. The summed E-state index contributed by atoms with van der Waals surface area (Å²) >= 11 is 0. The van der Waals surface area contributed by atoms with Gasteiger partial charge in [0.1, 0.15) is 6.29 Å². The van der Waals surface area contributed by atoms with Gasteiger partial charge in [-0.05, 0) is 19.3 Å². The van der Waals surface area contributed by atoms with E-state index in [2.05, 4.69) is 0 Å². The van der Waals surface area contributed by atoms with Gasteiger partial charge in [0, 0.05) is 18.3 Å². The van der Waals surface area contributed by atoms with Gasteiger partial charge in [0.25, 0.3) is 0 Å². The van der Waals surface area contributed by atoms with Crippen LogP contribution in [0, 0.1) is 16.7 Å². The molecule has 20 heavy (non-hydrogen) atoms. The summed E-state index contributed by atoms with van der Waals surface area (Å²) in [7, 11) is 1.39. The number of carbonyl (C=O) groups is 2. The summed E-state index contributed by atoms with van der Waals surface area (Å²) in [6.45, 7) is 7.05. The smallest absolute Gasteiger partial charge is 0.311 e. The van der Waals surface area contributed by atoms with Gasteiger partial charge in [-0.15, -0.1) is 0 Å². The van der Waals surface area contributed by atoms with Crippen LogP contribution >= 0.6 is 0 Å². The van der Waals surface area contributed by atoms with Gasteiger partial charge in [-0.2, -0.15) is 0 Å².